The number of carbonyl (C=O) groups is 1. The van der Waals surface area contributed by atoms with Crippen LogP contribution in [0, 0.1) is 5.82 Å². The van der Waals surface area contributed by atoms with Crippen LogP contribution in [0.2, 0.25) is 0 Å². The highest BCUT2D eigenvalue weighted by Gasteiger charge is 2.16. The number of halogens is 1. The average molecular weight is 456 g/mol. The summed E-state index contributed by atoms with van der Waals surface area (Å²) in [7, 11) is 1.61. The number of hydrogen-bond acceptors (Lipinski definition) is 5. The van der Waals surface area contributed by atoms with Crippen molar-refractivity contribution in [2.75, 3.05) is 12.4 Å². The van der Waals surface area contributed by atoms with E-state index in [9.17, 15) is 9.18 Å². The fraction of sp³-hybridized carbons (Fsp3) is 0.0385. The molecule has 7 heteroatoms. The summed E-state index contributed by atoms with van der Waals surface area (Å²) in [6, 6.07) is 22.9. The topological polar surface area (TPSA) is 64.1 Å². The van der Waals surface area contributed by atoms with Crippen LogP contribution in [0.1, 0.15) is 10.4 Å². The maximum atomic E-state index is 13.3. The molecule has 5 rings (SSSR count). The number of hydrogen-bond donors (Lipinski definition) is 1. The monoisotopic (exact) mass is 455 g/mol. The molecule has 5 aromatic rings. The first-order valence-corrected chi connectivity index (χ1v) is 11.1. The van der Waals surface area contributed by atoms with Crippen LogP contribution in [0.15, 0.2) is 84.2 Å². The van der Waals surface area contributed by atoms with Gasteiger partial charge in [0.1, 0.15) is 11.6 Å². The van der Waals surface area contributed by atoms with Gasteiger partial charge in [-0.25, -0.2) is 14.4 Å². The molecule has 0 saturated heterocycles. The summed E-state index contributed by atoms with van der Waals surface area (Å²) in [6.45, 7) is 0. The van der Waals surface area contributed by atoms with Crippen molar-refractivity contribution in [2.45, 2.75) is 0 Å². The molecule has 33 heavy (non-hydrogen) atoms. The van der Waals surface area contributed by atoms with Gasteiger partial charge in [-0.2, -0.15) is 0 Å². The van der Waals surface area contributed by atoms with E-state index < -0.39 is 0 Å². The number of fused-ring (bicyclic) bond motifs is 1. The van der Waals surface area contributed by atoms with Gasteiger partial charge < -0.3 is 4.74 Å². The fourth-order valence-electron chi connectivity index (χ4n) is 3.54. The molecule has 2 heterocycles. The molecule has 0 atom stereocenters. The molecule has 1 N–H and O–H groups in total. The van der Waals surface area contributed by atoms with E-state index in [4.69, 9.17) is 9.72 Å². The van der Waals surface area contributed by atoms with Crippen LogP contribution < -0.4 is 10.1 Å². The van der Waals surface area contributed by atoms with Crippen LogP contribution in [-0.4, -0.2) is 23.0 Å². The van der Waals surface area contributed by atoms with Crippen LogP contribution >= 0.6 is 11.3 Å². The number of aromatic nitrogens is 2. The first-order valence-electron chi connectivity index (χ1n) is 10.2. The number of para-hydroxylation sites is 1. The Bertz CT molecular complexity index is 1460. The van der Waals surface area contributed by atoms with Crippen molar-refractivity contribution in [3.8, 4) is 28.3 Å². The molecule has 0 aliphatic carbocycles. The van der Waals surface area contributed by atoms with Crippen molar-refractivity contribution in [1.82, 2.24) is 9.97 Å². The number of nitrogens with zero attached hydrogens (tertiary/aromatic N) is 2. The van der Waals surface area contributed by atoms with E-state index in [1.807, 2.05) is 53.9 Å². The molecule has 0 spiro atoms. The van der Waals surface area contributed by atoms with Gasteiger partial charge in [0.2, 0.25) is 0 Å². The summed E-state index contributed by atoms with van der Waals surface area (Å²) in [6.07, 6.45) is 0. The second-order valence-corrected chi connectivity index (χ2v) is 8.16. The summed E-state index contributed by atoms with van der Waals surface area (Å²) in [4.78, 5) is 22.5. The Morgan fingerprint density at radius 1 is 0.909 bits per heavy atom. The van der Waals surface area contributed by atoms with Gasteiger partial charge in [-0.15, -0.1) is 11.3 Å². The van der Waals surface area contributed by atoms with Crippen LogP contribution in [0.25, 0.3) is 33.4 Å². The summed E-state index contributed by atoms with van der Waals surface area (Å²) in [5, 5.41) is 5.93. The lowest BCUT2D eigenvalue weighted by atomic mass is 10.0. The van der Waals surface area contributed by atoms with Gasteiger partial charge in [0.15, 0.2) is 5.13 Å². The number of carbonyl (C=O) groups excluding carboxylic acids is 1. The molecule has 0 saturated carbocycles. The smallest absolute Gasteiger partial charge is 0.258 e. The Labute approximate surface area is 193 Å². The summed E-state index contributed by atoms with van der Waals surface area (Å²) in [5.41, 5.74) is 4.19. The Kier molecular flexibility index (Phi) is 5.54. The van der Waals surface area contributed by atoms with Gasteiger partial charge in [-0.1, -0.05) is 30.3 Å². The highest BCUT2D eigenvalue weighted by molar-refractivity contribution is 7.14. The number of methoxy groups -OCH3 is 1. The first-order chi connectivity index (χ1) is 16.1. The van der Waals surface area contributed by atoms with Gasteiger partial charge in [0.25, 0.3) is 5.91 Å². The molecule has 0 aliphatic rings. The number of amides is 1. The van der Waals surface area contributed by atoms with E-state index in [1.165, 1.54) is 23.5 Å². The minimum atomic E-state index is -0.307. The lowest BCUT2D eigenvalue weighted by molar-refractivity contribution is 0.102. The van der Waals surface area contributed by atoms with Crippen molar-refractivity contribution in [3.63, 3.8) is 0 Å². The van der Waals surface area contributed by atoms with Gasteiger partial charge in [0, 0.05) is 21.9 Å². The molecule has 2 aromatic heterocycles. The van der Waals surface area contributed by atoms with Crippen molar-refractivity contribution in [3.05, 3.63) is 95.6 Å². The quantitative estimate of drug-likeness (QED) is 0.332. The lowest BCUT2D eigenvalue weighted by Crippen LogP contribution is -2.13. The number of rotatable bonds is 5. The maximum absolute atomic E-state index is 13.3. The predicted octanol–water partition coefficient (Wildman–Crippen LogP) is 6.43. The summed E-state index contributed by atoms with van der Waals surface area (Å²) in [5.74, 6) is 0.126. The zero-order valence-electron chi connectivity index (χ0n) is 17.6. The third-order valence-corrected chi connectivity index (χ3v) is 5.95. The standard InChI is InChI=1S/C26H18FN3O2S/c1-32-19-6-4-5-17(13-19)23-14-21(20-7-2-3-8-22(20)28-23)25(31)30-26-29-24(15-33-26)16-9-11-18(27)12-10-16/h2-15H,1H3,(H,29,30,31). The largest absolute Gasteiger partial charge is 0.497 e. The van der Waals surface area contributed by atoms with Gasteiger partial charge in [0.05, 0.1) is 29.6 Å². The number of benzene rings is 3. The molecule has 0 bridgehead atoms. The fourth-order valence-corrected chi connectivity index (χ4v) is 4.26. The highest BCUT2D eigenvalue weighted by Crippen LogP contribution is 2.29. The number of anilines is 1. The average Bonchev–Trinajstić information content (AvgIpc) is 3.32. The Hall–Kier alpha value is -4.10. The molecule has 162 valence electrons. The summed E-state index contributed by atoms with van der Waals surface area (Å²) < 4.78 is 18.5. The van der Waals surface area contributed by atoms with Crippen LogP contribution in [0.4, 0.5) is 9.52 Å². The van der Waals surface area contributed by atoms with Crippen LogP contribution in [-0.2, 0) is 0 Å². The molecular weight excluding hydrogens is 437 g/mol. The van der Waals surface area contributed by atoms with E-state index in [1.54, 1.807) is 25.3 Å². The van der Waals surface area contributed by atoms with Crippen molar-refractivity contribution < 1.29 is 13.9 Å². The number of pyridine rings is 1. The molecule has 0 unspecified atom stereocenters. The molecule has 5 nitrogen and oxygen atoms in total. The molecule has 3 aromatic carbocycles. The van der Waals surface area contributed by atoms with E-state index in [2.05, 4.69) is 10.3 Å². The number of thiazole rings is 1. The zero-order valence-corrected chi connectivity index (χ0v) is 18.4. The van der Waals surface area contributed by atoms with Gasteiger partial charge >= 0.3 is 0 Å². The molecular formula is C26H18FN3O2S. The van der Waals surface area contributed by atoms with E-state index in [0.29, 0.717) is 33.3 Å². The van der Waals surface area contributed by atoms with Crippen LogP contribution in [0.5, 0.6) is 5.75 Å². The number of nitrogens with one attached hydrogen (secondary N) is 1. The number of ether oxygens (including phenoxy) is 1. The van der Waals surface area contributed by atoms with E-state index in [0.717, 1.165) is 16.5 Å². The predicted molar refractivity (Wildman–Crippen MR) is 129 cm³/mol. The van der Waals surface area contributed by atoms with Crippen molar-refractivity contribution >= 4 is 33.3 Å². The first kappa shape index (κ1) is 20.8. The van der Waals surface area contributed by atoms with Gasteiger partial charge in [-0.3, -0.25) is 10.1 Å². The molecule has 0 aliphatic heterocycles. The normalized spacial score (nSPS) is 10.8. The second-order valence-electron chi connectivity index (χ2n) is 7.30. The molecule has 0 radical (unpaired) electrons. The minimum absolute atomic E-state index is 0.280. The highest BCUT2D eigenvalue weighted by atomic mass is 32.1. The SMILES string of the molecule is COc1cccc(-c2cc(C(=O)Nc3nc(-c4ccc(F)cc4)cs3)c3ccccc3n2)c1. The Morgan fingerprint density at radius 3 is 2.55 bits per heavy atom. The Morgan fingerprint density at radius 2 is 1.73 bits per heavy atom. The second kappa shape index (κ2) is 8.80. The maximum Gasteiger partial charge on any atom is 0.258 e. The third kappa shape index (κ3) is 4.31. The molecule has 1 amide bonds. The molecule has 0 fully saturated rings. The van der Waals surface area contributed by atoms with Gasteiger partial charge in [-0.05, 0) is 48.5 Å². The third-order valence-electron chi connectivity index (χ3n) is 5.19. The lowest BCUT2D eigenvalue weighted by Gasteiger charge is -2.10. The van der Waals surface area contributed by atoms with Crippen molar-refractivity contribution in [2.24, 2.45) is 0 Å². The van der Waals surface area contributed by atoms with E-state index >= 15 is 0 Å². The zero-order chi connectivity index (χ0) is 22.8. The minimum Gasteiger partial charge on any atom is -0.497 e. The van der Waals surface area contributed by atoms with Crippen molar-refractivity contribution in [1.29, 1.82) is 0 Å². The summed E-state index contributed by atoms with van der Waals surface area (Å²) >= 11 is 1.31. The Balaban J connectivity index is 1.50. The van der Waals surface area contributed by atoms with E-state index in [-0.39, 0.29) is 11.7 Å². The van der Waals surface area contributed by atoms with Crippen LogP contribution in [0.3, 0.4) is 0 Å².